The van der Waals surface area contributed by atoms with Crippen LogP contribution in [0.4, 0.5) is 8.78 Å². The summed E-state index contributed by atoms with van der Waals surface area (Å²) in [6.07, 6.45) is -0.454. The van der Waals surface area contributed by atoms with Crippen molar-refractivity contribution in [2.75, 3.05) is 19.7 Å². The molecule has 136 valence electrons. The molecule has 1 N–H and O–H groups in total. The Morgan fingerprint density at radius 2 is 2.23 bits per heavy atom. The number of hydrogen-bond donors (Lipinski definition) is 1. The molecule has 0 bridgehead atoms. The van der Waals surface area contributed by atoms with Gasteiger partial charge >= 0.3 is 0 Å². The molecule has 2 aromatic heterocycles. The number of piperidine rings is 1. The van der Waals surface area contributed by atoms with E-state index < -0.39 is 30.8 Å². The number of thiazole rings is 1. The average Bonchev–Trinajstić information content (AvgIpc) is 3.27. The maximum Gasteiger partial charge on any atom is 0.273 e. The predicted octanol–water partition coefficient (Wildman–Crippen LogP) is 3.65. The number of hydrogen-bond acceptors (Lipinski definition) is 5. The van der Waals surface area contributed by atoms with Crippen molar-refractivity contribution in [3.05, 3.63) is 41.4 Å². The van der Waals surface area contributed by atoms with Gasteiger partial charge in [0, 0.05) is 30.3 Å². The zero-order valence-electron chi connectivity index (χ0n) is 13.7. The fraction of sp³-hybridized carbons (Fsp3) is 0.333. The van der Waals surface area contributed by atoms with Gasteiger partial charge in [-0.3, -0.25) is 4.79 Å². The Kier molecular flexibility index (Phi) is 4.24. The Hall–Kier alpha value is -2.32. The van der Waals surface area contributed by atoms with Gasteiger partial charge in [0.25, 0.3) is 11.8 Å². The number of rotatable bonds is 3. The van der Waals surface area contributed by atoms with E-state index in [1.807, 2.05) is 30.3 Å². The highest BCUT2D eigenvalue weighted by Gasteiger charge is 2.45. The molecule has 1 aliphatic rings. The molecule has 0 unspecified atom stereocenters. The summed E-state index contributed by atoms with van der Waals surface area (Å²) in [7, 11) is 0. The molecule has 8 heteroatoms. The van der Waals surface area contributed by atoms with Crippen molar-refractivity contribution in [1.82, 2.24) is 9.88 Å². The van der Waals surface area contributed by atoms with Crippen LogP contribution in [0.1, 0.15) is 16.9 Å². The fourth-order valence-corrected chi connectivity index (χ4v) is 3.83. The van der Waals surface area contributed by atoms with Gasteiger partial charge in [0.1, 0.15) is 11.3 Å². The lowest BCUT2D eigenvalue weighted by molar-refractivity contribution is -0.113. The number of alkyl halides is 2. The molecular formula is C18H16F2N2O3S. The van der Waals surface area contributed by atoms with Crippen molar-refractivity contribution in [2.24, 2.45) is 5.92 Å². The summed E-state index contributed by atoms with van der Waals surface area (Å²) in [4.78, 5) is 18.3. The summed E-state index contributed by atoms with van der Waals surface area (Å²) in [6.45, 7) is -0.891. The van der Waals surface area contributed by atoms with Crippen LogP contribution < -0.4 is 0 Å². The van der Waals surface area contributed by atoms with E-state index in [1.165, 1.54) is 16.2 Å². The summed E-state index contributed by atoms with van der Waals surface area (Å²) >= 11 is 1.27. The van der Waals surface area contributed by atoms with E-state index in [1.54, 1.807) is 5.38 Å². The van der Waals surface area contributed by atoms with E-state index >= 15 is 0 Å². The third kappa shape index (κ3) is 2.99. The number of carbonyl (C=O) groups is 1. The molecule has 3 aromatic rings. The monoisotopic (exact) mass is 378 g/mol. The minimum Gasteiger partial charge on any atom is -0.454 e. The number of benzene rings is 1. The summed E-state index contributed by atoms with van der Waals surface area (Å²) in [6, 6.07) is 9.40. The van der Waals surface area contributed by atoms with Crippen LogP contribution in [0.5, 0.6) is 0 Å². The third-order valence-corrected chi connectivity index (χ3v) is 5.48. The van der Waals surface area contributed by atoms with Crippen molar-refractivity contribution in [2.45, 2.75) is 12.3 Å². The van der Waals surface area contributed by atoms with E-state index in [0.717, 1.165) is 11.0 Å². The average molecular weight is 378 g/mol. The molecule has 1 atom stereocenters. The highest BCUT2D eigenvalue weighted by Crippen LogP contribution is 2.34. The predicted molar refractivity (Wildman–Crippen MR) is 93.4 cm³/mol. The van der Waals surface area contributed by atoms with Crippen LogP contribution in [0.2, 0.25) is 0 Å². The first-order valence-corrected chi connectivity index (χ1v) is 9.08. The number of furan rings is 1. The van der Waals surface area contributed by atoms with Crippen LogP contribution in [-0.2, 0) is 0 Å². The van der Waals surface area contributed by atoms with Gasteiger partial charge in [-0.15, -0.1) is 11.3 Å². The van der Waals surface area contributed by atoms with Crippen molar-refractivity contribution >= 4 is 28.2 Å². The van der Waals surface area contributed by atoms with Gasteiger partial charge in [-0.05, 0) is 12.1 Å². The zero-order valence-corrected chi connectivity index (χ0v) is 14.5. The Morgan fingerprint density at radius 1 is 1.42 bits per heavy atom. The number of carbonyl (C=O) groups excluding carboxylic acids is 1. The molecule has 4 rings (SSSR count). The lowest BCUT2D eigenvalue weighted by Crippen LogP contribution is -2.50. The molecule has 5 nitrogen and oxygen atoms in total. The van der Waals surface area contributed by atoms with E-state index in [9.17, 15) is 18.7 Å². The molecule has 0 aliphatic carbocycles. The number of fused-ring (bicyclic) bond motifs is 1. The Balaban J connectivity index is 1.55. The molecule has 1 aromatic carbocycles. The van der Waals surface area contributed by atoms with Crippen LogP contribution in [-0.4, -0.2) is 46.5 Å². The van der Waals surface area contributed by atoms with Crippen LogP contribution in [0.25, 0.3) is 21.7 Å². The van der Waals surface area contributed by atoms with E-state index in [-0.39, 0.29) is 18.8 Å². The zero-order chi connectivity index (χ0) is 18.3. The first-order valence-electron chi connectivity index (χ1n) is 8.20. The topological polar surface area (TPSA) is 66.6 Å². The quantitative estimate of drug-likeness (QED) is 0.756. The lowest BCUT2D eigenvalue weighted by atomic mass is 9.94. The maximum absolute atomic E-state index is 13.7. The van der Waals surface area contributed by atoms with Crippen LogP contribution in [0.3, 0.4) is 0 Å². The van der Waals surface area contributed by atoms with E-state index in [0.29, 0.717) is 10.8 Å². The summed E-state index contributed by atoms with van der Waals surface area (Å²) in [5.74, 6) is -4.03. The Bertz CT molecular complexity index is 920. The second-order valence-electron chi connectivity index (χ2n) is 6.33. The smallest absolute Gasteiger partial charge is 0.273 e. The highest BCUT2D eigenvalue weighted by molar-refractivity contribution is 7.13. The number of aliphatic hydroxyl groups is 1. The number of aromatic nitrogens is 1. The fourth-order valence-electron chi connectivity index (χ4n) is 3.09. The van der Waals surface area contributed by atoms with Crippen molar-refractivity contribution in [3.8, 4) is 10.8 Å². The van der Waals surface area contributed by atoms with Crippen molar-refractivity contribution in [1.29, 1.82) is 0 Å². The maximum atomic E-state index is 13.7. The number of nitrogens with zero attached hydrogens (tertiary/aromatic N) is 2. The number of aliphatic hydroxyl groups excluding tert-OH is 1. The second kappa shape index (κ2) is 6.44. The molecule has 0 saturated carbocycles. The minimum atomic E-state index is -2.95. The first-order chi connectivity index (χ1) is 12.5. The second-order valence-corrected chi connectivity index (χ2v) is 7.19. The number of amides is 1. The van der Waals surface area contributed by atoms with E-state index in [2.05, 4.69) is 4.98 Å². The van der Waals surface area contributed by atoms with Gasteiger partial charge < -0.3 is 14.4 Å². The summed E-state index contributed by atoms with van der Waals surface area (Å²) in [5.41, 5.74) is 0.932. The Labute approximate surface area is 151 Å². The minimum absolute atomic E-state index is 0.0557. The summed E-state index contributed by atoms with van der Waals surface area (Å²) in [5, 5.41) is 12.3. The standard InChI is InChI=1S/C18H16F2N2O3S/c19-18(20)5-6-22(8-12(18)9-23)17(24)13-10-26-16(21-13)15-7-11-3-1-2-4-14(11)25-15/h1-4,7,10,12,23H,5-6,8-9H2/t12-/m1/s1. The van der Waals surface area contributed by atoms with Crippen LogP contribution in [0, 0.1) is 5.92 Å². The molecule has 0 radical (unpaired) electrons. The lowest BCUT2D eigenvalue weighted by Gasteiger charge is -2.37. The van der Waals surface area contributed by atoms with Gasteiger partial charge in [-0.25, -0.2) is 13.8 Å². The molecule has 1 saturated heterocycles. The van der Waals surface area contributed by atoms with Gasteiger partial charge in [-0.1, -0.05) is 18.2 Å². The third-order valence-electron chi connectivity index (χ3n) is 4.62. The van der Waals surface area contributed by atoms with Gasteiger partial charge in [0.05, 0.1) is 12.5 Å². The molecule has 1 amide bonds. The highest BCUT2D eigenvalue weighted by atomic mass is 32.1. The van der Waals surface area contributed by atoms with Gasteiger partial charge in [-0.2, -0.15) is 0 Å². The molecule has 1 aliphatic heterocycles. The van der Waals surface area contributed by atoms with E-state index in [4.69, 9.17) is 4.42 Å². The molecule has 3 heterocycles. The van der Waals surface area contributed by atoms with Crippen molar-refractivity contribution < 1.29 is 23.1 Å². The Morgan fingerprint density at radius 3 is 3.00 bits per heavy atom. The largest absolute Gasteiger partial charge is 0.454 e. The molecule has 0 spiro atoms. The SMILES string of the molecule is O=C(c1csc(-c2cc3ccccc3o2)n1)N1CCC(F)(F)[C@@H](CO)C1. The van der Waals surface area contributed by atoms with Gasteiger partial charge in [0.15, 0.2) is 10.8 Å². The van der Waals surface area contributed by atoms with Gasteiger partial charge in [0.2, 0.25) is 0 Å². The number of para-hydroxylation sites is 1. The van der Waals surface area contributed by atoms with Crippen LogP contribution >= 0.6 is 11.3 Å². The van der Waals surface area contributed by atoms with Crippen molar-refractivity contribution in [3.63, 3.8) is 0 Å². The first kappa shape index (κ1) is 17.1. The molecular weight excluding hydrogens is 362 g/mol. The summed E-state index contributed by atoms with van der Waals surface area (Å²) < 4.78 is 33.2. The number of likely N-dealkylation sites (tertiary alicyclic amines) is 1. The van der Waals surface area contributed by atoms with Crippen LogP contribution in [0.15, 0.2) is 40.1 Å². The number of halogens is 2. The molecule has 1 fully saturated rings. The molecule has 26 heavy (non-hydrogen) atoms. The normalized spacial score (nSPS) is 19.8.